The van der Waals surface area contributed by atoms with E-state index >= 15 is 0 Å². The lowest BCUT2D eigenvalue weighted by molar-refractivity contribution is -0.122. The average molecular weight is 336 g/mol. The van der Waals surface area contributed by atoms with Gasteiger partial charge in [-0.1, -0.05) is 12.1 Å². The number of nitrogens with zero attached hydrogens (tertiary/aromatic N) is 1. The number of benzene rings is 2. The molecule has 0 radical (unpaired) electrons. The Morgan fingerprint density at radius 2 is 1.68 bits per heavy atom. The summed E-state index contributed by atoms with van der Waals surface area (Å²) in [5.74, 6) is -0.413. The van der Waals surface area contributed by atoms with E-state index in [-0.39, 0.29) is 24.2 Å². The molecule has 0 aromatic heterocycles. The van der Waals surface area contributed by atoms with Gasteiger partial charge in [-0.05, 0) is 74.2 Å². The van der Waals surface area contributed by atoms with Gasteiger partial charge in [-0.3, -0.25) is 9.59 Å². The molecule has 1 aliphatic heterocycles. The van der Waals surface area contributed by atoms with Crippen molar-refractivity contribution in [2.75, 3.05) is 16.8 Å². The van der Waals surface area contributed by atoms with Crippen LogP contribution >= 0.6 is 0 Å². The highest BCUT2D eigenvalue weighted by Gasteiger charge is 2.35. The molecule has 0 unspecified atom stereocenters. The summed E-state index contributed by atoms with van der Waals surface area (Å²) in [6, 6.07) is 11.9. The number of carbonyl (C=O) groups excluding carboxylic acids is 2. The van der Waals surface area contributed by atoms with Crippen LogP contribution in [-0.2, 0) is 9.59 Å². The zero-order valence-electron chi connectivity index (χ0n) is 15.2. The third-order valence-electron chi connectivity index (χ3n) is 4.79. The third-order valence-corrected chi connectivity index (χ3v) is 4.79. The van der Waals surface area contributed by atoms with E-state index in [1.54, 1.807) is 4.90 Å². The molecule has 4 heteroatoms. The number of hydrogen-bond donors (Lipinski definition) is 1. The first-order chi connectivity index (χ1) is 11.8. The molecule has 0 saturated carbocycles. The second-order valence-electron chi connectivity index (χ2n) is 7.04. The largest absolute Gasteiger partial charge is 0.326 e. The van der Waals surface area contributed by atoms with Crippen LogP contribution in [0, 0.1) is 33.6 Å². The second-order valence-corrected chi connectivity index (χ2v) is 7.04. The molecule has 1 aliphatic rings. The van der Waals surface area contributed by atoms with Crippen molar-refractivity contribution in [3.63, 3.8) is 0 Å². The van der Waals surface area contributed by atoms with Crippen molar-refractivity contribution in [3.05, 3.63) is 58.7 Å². The number of amides is 2. The molecule has 130 valence electrons. The summed E-state index contributed by atoms with van der Waals surface area (Å²) >= 11 is 0. The van der Waals surface area contributed by atoms with Crippen molar-refractivity contribution >= 4 is 23.2 Å². The normalized spacial score (nSPS) is 17.0. The maximum atomic E-state index is 12.6. The average Bonchev–Trinajstić information content (AvgIpc) is 2.91. The van der Waals surface area contributed by atoms with Gasteiger partial charge < -0.3 is 10.2 Å². The molecule has 1 heterocycles. The Hall–Kier alpha value is -2.62. The highest BCUT2D eigenvalue weighted by atomic mass is 16.2. The fraction of sp³-hybridized carbons (Fsp3) is 0.333. The Bertz CT molecular complexity index is 822. The first kappa shape index (κ1) is 17.2. The molecule has 1 saturated heterocycles. The number of nitrogens with one attached hydrogen (secondary N) is 1. The van der Waals surface area contributed by atoms with Crippen LogP contribution in [0.15, 0.2) is 36.4 Å². The Labute approximate surface area is 148 Å². The molecule has 0 aliphatic carbocycles. The van der Waals surface area contributed by atoms with E-state index in [0.29, 0.717) is 6.54 Å². The molecule has 2 aromatic carbocycles. The minimum atomic E-state index is -0.324. The fourth-order valence-corrected chi connectivity index (χ4v) is 3.32. The number of hydrogen-bond acceptors (Lipinski definition) is 2. The lowest BCUT2D eigenvalue weighted by Gasteiger charge is -2.18. The van der Waals surface area contributed by atoms with Crippen molar-refractivity contribution < 1.29 is 9.59 Å². The van der Waals surface area contributed by atoms with Gasteiger partial charge in [0, 0.05) is 24.3 Å². The van der Waals surface area contributed by atoms with Gasteiger partial charge in [0.05, 0.1) is 5.92 Å². The van der Waals surface area contributed by atoms with Gasteiger partial charge in [-0.25, -0.2) is 0 Å². The molecule has 2 amide bonds. The molecule has 2 aromatic rings. The minimum absolute atomic E-state index is 0.00354. The number of anilines is 2. The van der Waals surface area contributed by atoms with E-state index in [4.69, 9.17) is 0 Å². The quantitative estimate of drug-likeness (QED) is 0.924. The first-order valence-electron chi connectivity index (χ1n) is 8.60. The highest BCUT2D eigenvalue weighted by molar-refractivity contribution is 6.03. The molecular weight excluding hydrogens is 312 g/mol. The van der Waals surface area contributed by atoms with E-state index in [2.05, 4.69) is 11.4 Å². The maximum absolute atomic E-state index is 12.6. The Morgan fingerprint density at radius 3 is 2.32 bits per heavy atom. The lowest BCUT2D eigenvalue weighted by Crippen LogP contribution is -2.28. The van der Waals surface area contributed by atoms with Gasteiger partial charge in [0.15, 0.2) is 0 Å². The number of aryl methyl sites for hydroxylation is 4. The molecule has 1 N–H and O–H groups in total. The number of carbonyl (C=O) groups is 2. The van der Waals surface area contributed by atoms with Crippen LogP contribution in [0.2, 0.25) is 0 Å². The zero-order valence-corrected chi connectivity index (χ0v) is 15.2. The molecule has 1 fully saturated rings. The van der Waals surface area contributed by atoms with Gasteiger partial charge in [-0.2, -0.15) is 0 Å². The van der Waals surface area contributed by atoms with E-state index in [1.165, 1.54) is 5.56 Å². The van der Waals surface area contributed by atoms with Crippen molar-refractivity contribution in [2.24, 2.45) is 5.92 Å². The topological polar surface area (TPSA) is 49.4 Å². The van der Waals surface area contributed by atoms with Gasteiger partial charge in [-0.15, -0.1) is 0 Å². The molecule has 0 bridgehead atoms. The predicted octanol–water partition coefficient (Wildman–Crippen LogP) is 3.91. The molecule has 3 rings (SSSR count). The maximum Gasteiger partial charge on any atom is 0.229 e. The summed E-state index contributed by atoms with van der Waals surface area (Å²) < 4.78 is 0. The van der Waals surface area contributed by atoms with E-state index in [0.717, 1.165) is 28.1 Å². The predicted molar refractivity (Wildman–Crippen MR) is 101 cm³/mol. The van der Waals surface area contributed by atoms with E-state index < -0.39 is 0 Å². The lowest BCUT2D eigenvalue weighted by atomic mass is 10.1. The summed E-state index contributed by atoms with van der Waals surface area (Å²) in [5.41, 5.74) is 6.21. The van der Waals surface area contributed by atoms with Crippen molar-refractivity contribution in [1.82, 2.24) is 0 Å². The fourth-order valence-electron chi connectivity index (χ4n) is 3.32. The summed E-state index contributed by atoms with van der Waals surface area (Å²) in [4.78, 5) is 26.7. The SMILES string of the molecule is Cc1cc(C)cc(NC(=O)[C@H]2CC(=O)N(c3ccc(C)c(C)c3)C2)c1. The van der Waals surface area contributed by atoms with Crippen LogP contribution in [-0.4, -0.2) is 18.4 Å². The van der Waals surface area contributed by atoms with Crippen molar-refractivity contribution in [2.45, 2.75) is 34.1 Å². The van der Waals surface area contributed by atoms with Crippen LogP contribution in [0.25, 0.3) is 0 Å². The van der Waals surface area contributed by atoms with Crippen LogP contribution in [0.5, 0.6) is 0 Å². The molecule has 25 heavy (non-hydrogen) atoms. The van der Waals surface area contributed by atoms with E-state index in [9.17, 15) is 9.59 Å². The van der Waals surface area contributed by atoms with Gasteiger partial charge in [0.1, 0.15) is 0 Å². The standard InChI is InChI=1S/C21H24N2O2/c1-13-7-14(2)9-18(8-13)22-21(25)17-11-20(24)23(12-17)19-6-5-15(3)16(4)10-19/h5-10,17H,11-12H2,1-4H3,(H,22,25)/t17-/m0/s1. The van der Waals surface area contributed by atoms with Crippen LogP contribution in [0.3, 0.4) is 0 Å². The van der Waals surface area contributed by atoms with Crippen molar-refractivity contribution in [3.8, 4) is 0 Å². The smallest absolute Gasteiger partial charge is 0.229 e. The molecule has 4 nitrogen and oxygen atoms in total. The van der Waals surface area contributed by atoms with E-state index in [1.807, 2.05) is 58.0 Å². The third kappa shape index (κ3) is 3.73. The van der Waals surface area contributed by atoms with Crippen LogP contribution in [0.1, 0.15) is 28.7 Å². The van der Waals surface area contributed by atoms with Crippen LogP contribution in [0.4, 0.5) is 11.4 Å². The summed E-state index contributed by atoms with van der Waals surface area (Å²) in [6.07, 6.45) is 0.254. The van der Waals surface area contributed by atoms with Gasteiger partial charge in [0.25, 0.3) is 0 Å². The van der Waals surface area contributed by atoms with Crippen molar-refractivity contribution in [1.29, 1.82) is 0 Å². The zero-order chi connectivity index (χ0) is 18.1. The first-order valence-corrected chi connectivity index (χ1v) is 8.60. The molecule has 1 atom stereocenters. The molecule has 0 spiro atoms. The monoisotopic (exact) mass is 336 g/mol. The Balaban J connectivity index is 1.73. The summed E-state index contributed by atoms with van der Waals surface area (Å²) in [7, 11) is 0. The van der Waals surface area contributed by atoms with Gasteiger partial charge >= 0.3 is 0 Å². The summed E-state index contributed by atoms with van der Waals surface area (Å²) in [5, 5.41) is 2.96. The second kappa shape index (κ2) is 6.71. The Kier molecular flexibility index (Phi) is 4.62. The molecular formula is C21H24N2O2. The van der Waals surface area contributed by atoms with Gasteiger partial charge in [0.2, 0.25) is 11.8 Å². The number of rotatable bonds is 3. The Morgan fingerprint density at radius 1 is 1.00 bits per heavy atom. The highest BCUT2D eigenvalue weighted by Crippen LogP contribution is 2.27. The minimum Gasteiger partial charge on any atom is -0.326 e. The summed E-state index contributed by atoms with van der Waals surface area (Å²) in [6.45, 7) is 8.51. The van der Waals surface area contributed by atoms with Crippen LogP contribution < -0.4 is 10.2 Å².